The molecule has 0 fully saturated rings. The molecule has 1 aliphatic rings. The predicted molar refractivity (Wildman–Crippen MR) is 69.1 cm³/mol. The van der Waals surface area contributed by atoms with Gasteiger partial charge < -0.3 is 0 Å². The first-order chi connectivity index (χ1) is 8.08. The molecule has 0 amide bonds. The van der Waals surface area contributed by atoms with E-state index >= 15 is 0 Å². The highest BCUT2D eigenvalue weighted by Gasteiger charge is 2.42. The second-order valence-corrected chi connectivity index (χ2v) is 10.1. The van der Waals surface area contributed by atoms with Gasteiger partial charge in [-0.25, -0.2) is 9.34 Å². The lowest BCUT2D eigenvalue weighted by Crippen LogP contribution is -2.14. The van der Waals surface area contributed by atoms with Crippen molar-refractivity contribution in [2.24, 2.45) is 13.5 Å². The molecule has 0 saturated carbocycles. The Balaban J connectivity index is 3.51. The summed E-state index contributed by atoms with van der Waals surface area (Å²) in [5.74, 6) is 0. The Morgan fingerprint density at radius 3 is 1.56 bits per heavy atom. The standard InChI is InChI=1S/C6H16F4N5P3/c1-5-14(3)17(9)11-16(7,8)12-18(10,13-17)15(4)6-2/h5-6H2,1-4H3. The van der Waals surface area contributed by atoms with Gasteiger partial charge >= 0.3 is 23.2 Å². The Morgan fingerprint density at radius 2 is 1.17 bits per heavy atom. The Morgan fingerprint density at radius 1 is 0.778 bits per heavy atom. The molecule has 2 atom stereocenters. The summed E-state index contributed by atoms with van der Waals surface area (Å²) in [6, 6.07) is 0. The van der Waals surface area contributed by atoms with E-state index in [1.54, 1.807) is 13.8 Å². The zero-order valence-corrected chi connectivity index (χ0v) is 13.2. The molecule has 0 aromatic heterocycles. The van der Waals surface area contributed by atoms with E-state index in [0.29, 0.717) is 0 Å². The molecule has 0 spiro atoms. The fraction of sp³-hybridized carbons (Fsp3) is 1.00. The minimum Gasteiger partial charge on any atom is -0.230 e. The van der Waals surface area contributed by atoms with E-state index in [9.17, 15) is 16.8 Å². The van der Waals surface area contributed by atoms with Crippen molar-refractivity contribution in [2.75, 3.05) is 27.2 Å². The van der Waals surface area contributed by atoms with Crippen LogP contribution in [0.3, 0.4) is 0 Å². The van der Waals surface area contributed by atoms with Crippen molar-refractivity contribution < 1.29 is 16.8 Å². The van der Waals surface area contributed by atoms with E-state index in [4.69, 9.17) is 0 Å². The third-order valence-electron chi connectivity index (χ3n) is 2.45. The van der Waals surface area contributed by atoms with Gasteiger partial charge in [0.1, 0.15) is 0 Å². The Bertz CT molecular complexity index is 470. The molecule has 12 heteroatoms. The first-order valence-corrected chi connectivity index (χ1v) is 9.77. The van der Waals surface area contributed by atoms with Gasteiger partial charge in [0.25, 0.3) is 0 Å². The first-order valence-electron chi connectivity index (χ1n) is 5.22. The molecule has 108 valence electrons. The summed E-state index contributed by atoms with van der Waals surface area (Å²) in [5, 5.41) is 0. The lowest BCUT2D eigenvalue weighted by Gasteiger charge is -2.29. The summed E-state index contributed by atoms with van der Waals surface area (Å²) in [7, 11) is -11.4. The van der Waals surface area contributed by atoms with Gasteiger partial charge in [0.2, 0.25) is 0 Å². The predicted octanol–water partition coefficient (Wildman–Crippen LogP) is 5.62. The van der Waals surface area contributed by atoms with E-state index in [0.717, 1.165) is 9.34 Å². The quantitative estimate of drug-likeness (QED) is 0.497. The van der Waals surface area contributed by atoms with Crippen molar-refractivity contribution in [3.8, 4) is 0 Å². The van der Waals surface area contributed by atoms with Crippen LogP contribution in [0.5, 0.6) is 0 Å². The second kappa shape index (κ2) is 5.37. The summed E-state index contributed by atoms with van der Waals surface area (Å²) in [5.41, 5.74) is 0. The Labute approximate surface area is 104 Å². The monoisotopic (exact) mass is 327 g/mol. The van der Waals surface area contributed by atoms with Gasteiger partial charge in [-0.15, -0.1) is 17.4 Å². The largest absolute Gasteiger partial charge is 0.423 e. The van der Waals surface area contributed by atoms with Crippen LogP contribution in [-0.2, 0) is 0 Å². The lowest BCUT2D eigenvalue weighted by atomic mass is 10.8. The molecule has 5 nitrogen and oxygen atoms in total. The first kappa shape index (κ1) is 16.4. The minimum atomic E-state index is -5.29. The average Bonchev–Trinajstić information content (AvgIpc) is 2.23. The number of hydrogen-bond acceptors (Lipinski definition) is 5. The van der Waals surface area contributed by atoms with Gasteiger partial charge in [0.15, 0.2) is 0 Å². The van der Waals surface area contributed by atoms with Gasteiger partial charge in [0.05, 0.1) is 0 Å². The molecule has 0 aliphatic carbocycles. The van der Waals surface area contributed by atoms with Crippen LogP contribution >= 0.6 is 23.2 Å². The minimum absolute atomic E-state index is 0.118. The summed E-state index contributed by atoms with van der Waals surface area (Å²) in [4.78, 5) is 0. The van der Waals surface area contributed by atoms with Gasteiger partial charge in [-0.05, 0) is 14.1 Å². The Kier molecular flexibility index (Phi) is 4.89. The molecule has 0 bridgehead atoms. The highest BCUT2D eigenvalue weighted by atomic mass is 31.3. The molecule has 0 aromatic rings. The van der Waals surface area contributed by atoms with Crippen molar-refractivity contribution in [1.29, 1.82) is 0 Å². The highest BCUT2D eigenvalue weighted by Crippen LogP contribution is 2.82. The molecule has 0 radical (unpaired) electrons. The highest BCUT2D eigenvalue weighted by molar-refractivity contribution is 7.79. The molecule has 2 unspecified atom stereocenters. The van der Waals surface area contributed by atoms with Gasteiger partial charge in [-0.2, -0.15) is 12.9 Å². The van der Waals surface area contributed by atoms with Crippen LogP contribution in [-0.4, -0.2) is 36.5 Å². The number of nitrogens with zero attached hydrogens (tertiary/aromatic N) is 5. The SMILES string of the molecule is CCN(C)P1(F)=NP(F)(F)=NP(F)(N(C)CC)=N1. The van der Waals surface area contributed by atoms with E-state index in [-0.39, 0.29) is 13.1 Å². The van der Waals surface area contributed by atoms with Crippen molar-refractivity contribution in [1.82, 2.24) is 9.34 Å². The van der Waals surface area contributed by atoms with Crippen molar-refractivity contribution in [3.63, 3.8) is 0 Å². The number of rotatable bonds is 4. The van der Waals surface area contributed by atoms with Crippen LogP contribution in [0.15, 0.2) is 13.5 Å². The molecular formula is C6H16F4N5P3. The van der Waals surface area contributed by atoms with Crippen LogP contribution in [0.1, 0.15) is 13.8 Å². The molecular weight excluding hydrogens is 311 g/mol. The summed E-state index contributed by atoms with van der Waals surface area (Å²) >= 11 is 0. The molecule has 0 N–H and O–H groups in total. The van der Waals surface area contributed by atoms with Crippen molar-refractivity contribution in [3.05, 3.63) is 0 Å². The second-order valence-electron chi connectivity index (χ2n) is 3.66. The molecule has 1 heterocycles. The van der Waals surface area contributed by atoms with Gasteiger partial charge in [0, 0.05) is 13.1 Å². The zero-order chi connectivity index (χ0) is 14.2. The topological polar surface area (TPSA) is 43.6 Å². The molecule has 0 saturated heterocycles. The molecule has 0 aromatic carbocycles. The van der Waals surface area contributed by atoms with Crippen LogP contribution < -0.4 is 0 Å². The fourth-order valence-corrected chi connectivity index (χ4v) is 8.75. The van der Waals surface area contributed by atoms with Crippen LogP contribution in [0.25, 0.3) is 0 Å². The third kappa shape index (κ3) is 3.26. The summed E-state index contributed by atoms with van der Waals surface area (Å²) in [6.07, 6.45) is 0. The molecule has 18 heavy (non-hydrogen) atoms. The van der Waals surface area contributed by atoms with E-state index < -0.39 is 23.2 Å². The van der Waals surface area contributed by atoms with Crippen LogP contribution in [0, 0.1) is 0 Å². The van der Waals surface area contributed by atoms with E-state index in [2.05, 4.69) is 13.5 Å². The number of halogens is 4. The maximum Gasteiger partial charge on any atom is 0.423 e. The smallest absolute Gasteiger partial charge is 0.230 e. The number of hydrogen-bond donors (Lipinski definition) is 0. The molecule has 1 aliphatic heterocycles. The van der Waals surface area contributed by atoms with Crippen LogP contribution in [0.2, 0.25) is 0 Å². The summed E-state index contributed by atoms with van der Waals surface area (Å²) < 4.78 is 66.5. The van der Waals surface area contributed by atoms with Gasteiger partial charge in [-0.3, -0.25) is 0 Å². The maximum absolute atomic E-state index is 14.4. The van der Waals surface area contributed by atoms with Crippen molar-refractivity contribution in [2.45, 2.75) is 13.8 Å². The van der Waals surface area contributed by atoms with Crippen LogP contribution in [0.4, 0.5) is 16.8 Å². The fourth-order valence-electron chi connectivity index (χ4n) is 1.11. The maximum atomic E-state index is 14.4. The lowest BCUT2D eigenvalue weighted by molar-refractivity contribution is 0.522. The van der Waals surface area contributed by atoms with Gasteiger partial charge in [-0.1, -0.05) is 13.8 Å². The average molecular weight is 327 g/mol. The van der Waals surface area contributed by atoms with E-state index in [1.165, 1.54) is 14.1 Å². The van der Waals surface area contributed by atoms with E-state index in [1.807, 2.05) is 0 Å². The normalized spacial score (nSPS) is 35.0. The molecule has 1 rings (SSSR count). The van der Waals surface area contributed by atoms with Crippen molar-refractivity contribution >= 4 is 23.2 Å². The Hall–Kier alpha value is 0.330. The zero-order valence-electron chi connectivity index (χ0n) is 10.5. The summed E-state index contributed by atoms with van der Waals surface area (Å²) in [6.45, 7) is 3.37. The third-order valence-corrected chi connectivity index (χ3v) is 10.1.